The molecule has 0 unspecified atom stereocenters. The fraction of sp³-hybridized carbons (Fsp3) is 0.143. The molecule has 0 fully saturated rings. The van der Waals surface area contributed by atoms with Crippen molar-refractivity contribution in [3.63, 3.8) is 0 Å². The van der Waals surface area contributed by atoms with E-state index in [0.29, 0.717) is 24.3 Å². The van der Waals surface area contributed by atoms with Crippen LogP contribution in [0.4, 0.5) is 15.8 Å². The van der Waals surface area contributed by atoms with E-state index in [-0.39, 0.29) is 10.7 Å². The molecule has 0 bridgehead atoms. The molecule has 0 saturated carbocycles. The summed E-state index contributed by atoms with van der Waals surface area (Å²) in [5, 5.41) is 8.13. The number of rotatable bonds is 5. The number of halogens is 1. The van der Waals surface area contributed by atoms with Crippen molar-refractivity contribution in [1.82, 2.24) is 0 Å². The van der Waals surface area contributed by atoms with Crippen LogP contribution in [0.3, 0.4) is 0 Å². The summed E-state index contributed by atoms with van der Waals surface area (Å²) in [6, 6.07) is 10.4. The summed E-state index contributed by atoms with van der Waals surface area (Å²) < 4.78 is 35.4. The van der Waals surface area contributed by atoms with Gasteiger partial charge in [-0.2, -0.15) is 0 Å². The highest BCUT2D eigenvalue weighted by molar-refractivity contribution is 7.89. The molecule has 5 N–H and O–H groups in total. The molecule has 0 aliphatic rings. The van der Waals surface area contributed by atoms with Gasteiger partial charge in [0, 0.05) is 6.54 Å². The molecule has 2 aromatic rings. The number of primary sulfonamides is 1. The van der Waals surface area contributed by atoms with Gasteiger partial charge >= 0.3 is 0 Å². The predicted molar refractivity (Wildman–Crippen MR) is 80.8 cm³/mol. The zero-order chi connectivity index (χ0) is 15.5. The Hall–Kier alpha value is -2.12. The number of benzene rings is 2. The van der Waals surface area contributed by atoms with E-state index in [0.717, 1.165) is 5.56 Å². The number of nitrogen functional groups attached to an aromatic ring is 1. The highest BCUT2D eigenvalue weighted by Crippen LogP contribution is 2.22. The number of nitrogens with two attached hydrogens (primary N) is 2. The van der Waals surface area contributed by atoms with Crippen molar-refractivity contribution in [2.75, 3.05) is 17.6 Å². The normalized spacial score (nSPS) is 11.3. The number of sulfonamides is 1. The average Bonchev–Trinajstić information content (AvgIpc) is 2.42. The van der Waals surface area contributed by atoms with E-state index in [1.807, 2.05) is 0 Å². The highest BCUT2D eigenvalue weighted by Gasteiger charge is 2.10. The minimum Gasteiger partial charge on any atom is -0.397 e. The fourth-order valence-corrected chi connectivity index (χ4v) is 2.40. The Bertz CT molecular complexity index is 730. The summed E-state index contributed by atoms with van der Waals surface area (Å²) in [5.41, 5.74) is 7.68. The van der Waals surface area contributed by atoms with Crippen LogP contribution in [0.2, 0.25) is 0 Å². The first-order chi connectivity index (χ1) is 9.86. The standard InChI is InChI=1S/C14H16FN3O2S/c15-11-3-1-10(2-4-11)7-8-18-14-9-12(21(17,19)20)5-6-13(14)16/h1-6,9,18H,7-8,16H2,(H2,17,19,20). The van der Waals surface area contributed by atoms with Gasteiger partial charge in [-0.15, -0.1) is 0 Å². The summed E-state index contributed by atoms with van der Waals surface area (Å²) in [6.07, 6.45) is 0.652. The molecule has 0 spiro atoms. The zero-order valence-corrected chi connectivity index (χ0v) is 12.0. The predicted octanol–water partition coefficient (Wildman–Crippen LogP) is 1.71. The van der Waals surface area contributed by atoms with Crippen molar-refractivity contribution in [2.24, 2.45) is 5.14 Å². The minimum atomic E-state index is -3.76. The Labute approximate surface area is 122 Å². The molecule has 0 saturated heterocycles. The van der Waals surface area contributed by atoms with Gasteiger partial charge in [0.05, 0.1) is 16.3 Å². The second-order valence-electron chi connectivity index (χ2n) is 4.60. The van der Waals surface area contributed by atoms with Crippen LogP contribution < -0.4 is 16.2 Å². The largest absolute Gasteiger partial charge is 0.397 e. The van der Waals surface area contributed by atoms with Gasteiger partial charge in [-0.05, 0) is 42.3 Å². The third-order valence-corrected chi connectivity index (χ3v) is 3.91. The van der Waals surface area contributed by atoms with Crippen LogP contribution in [-0.4, -0.2) is 15.0 Å². The van der Waals surface area contributed by atoms with Crippen molar-refractivity contribution < 1.29 is 12.8 Å². The van der Waals surface area contributed by atoms with Gasteiger partial charge in [-0.25, -0.2) is 17.9 Å². The SMILES string of the molecule is Nc1ccc(S(N)(=O)=O)cc1NCCc1ccc(F)cc1. The molecule has 2 aromatic carbocycles. The molecule has 0 atom stereocenters. The van der Waals surface area contributed by atoms with Crippen molar-refractivity contribution in [3.8, 4) is 0 Å². The molecule has 0 radical (unpaired) electrons. The lowest BCUT2D eigenvalue weighted by Crippen LogP contribution is -2.13. The molecule has 112 valence electrons. The summed E-state index contributed by atoms with van der Waals surface area (Å²) in [7, 11) is -3.76. The van der Waals surface area contributed by atoms with E-state index in [1.54, 1.807) is 12.1 Å². The lowest BCUT2D eigenvalue weighted by molar-refractivity contribution is 0.598. The average molecular weight is 309 g/mol. The van der Waals surface area contributed by atoms with E-state index in [1.165, 1.54) is 30.3 Å². The van der Waals surface area contributed by atoms with Crippen LogP contribution in [-0.2, 0) is 16.4 Å². The van der Waals surface area contributed by atoms with Crippen molar-refractivity contribution in [1.29, 1.82) is 0 Å². The Morgan fingerprint density at radius 1 is 1.10 bits per heavy atom. The van der Waals surface area contributed by atoms with Crippen molar-refractivity contribution in [2.45, 2.75) is 11.3 Å². The Morgan fingerprint density at radius 2 is 1.76 bits per heavy atom. The molecule has 7 heteroatoms. The first-order valence-electron chi connectivity index (χ1n) is 6.27. The van der Waals surface area contributed by atoms with Gasteiger partial charge in [-0.3, -0.25) is 0 Å². The summed E-state index contributed by atoms with van der Waals surface area (Å²) in [6.45, 7) is 0.532. The molecule has 0 heterocycles. The monoisotopic (exact) mass is 309 g/mol. The molecule has 0 aliphatic heterocycles. The molecular weight excluding hydrogens is 293 g/mol. The van der Waals surface area contributed by atoms with Crippen LogP contribution in [0.1, 0.15) is 5.56 Å². The number of anilines is 2. The second-order valence-corrected chi connectivity index (χ2v) is 6.16. The van der Waals surface area contributed by atoms with Crippen molar-refractivity contribution >= 4 is 21.4 Å². The molecule has 0 amide bonds. The van der Waals surface area contributed by atoms with Crippen LogP contribution in [0.15, 0.2) is 47.4 Å². The molecule has 2 rings (SSSR count). The lowest BCUT2D eigenvalue weighted by atomic mass is 10.1. The highest BCUT2D eigenvalue weighted by atomic mass is 32.2. The van der Waals surface area contributed by atoms with Crippen LogP contribution >= 0.6 is 0 Å². The Morgan fingerprint density at radius 3 is 2.38 bits per heavy atom. The van der Waals surface area contributed by atoms with Crippen LogP contribution in [0.25, 0.3) is 0 Å². The Balaban J connectivity index is 2.04. The fourth-order valence-electron chi connectivity index (χ4n) is 1.86. The lowest BCUT2D eigenvalue weighted by Gasteiger charge is -2.10. The number of nitrogens with one attached hydrogen (secondary N) is 1. The van der Waals surface area contributed by atoms with E-state index < -0.39 is 10.0 Å². The second kappa shape index (κ2) is 6.11. The maximum atomic E-state index is 12.8. The first-order valence-corrected chi connectivity index (χ1v) is 7.81. The van der Waals surface area contributed by atoms with Gasteiger partial charge in [0.2, 0.25) is 10.0 Å². The zero-order valence-electron chi connectivity index (χ0n) is 11.2. The van der Waals surface area contributed by atoms with Gasteiger partial charge in [-0.1, -0.05) is 12.1 Å². The Kier molecular flexibility index (Phi) is 4.44. The van der Waals surface area contributed by atoms with E-state index in [4.69, 9.17) is 10.9 Å². The molecule has 5 nitrogen and oxygen atoms in total. The van der Waals surface area contributed by atoms with E-state index in [2.05, 4.69) is 5.32 Å². The number of hydrogen-bond acceptors (Lipinski definition) is 4. The summed E-state index contributed by atoms with van der Waals surface area (Å²) >= 11 is 0. The third-order valence-electron chi connectivity index (χ3n) is 3.00. The van der Waals surface area contributed by atoms with Crippen LogP contribution in [0.5, 0.6) is 0 Å². The summed E-state index contributed by atoms with van der Waals surface area (Å²) in [5.74, 6) is -0.281. The van der Waals surface area contributed by atoms with Crippen LogP contribution in [0, 0.1) is 5.82 Å². The minimum absolute atomic E-state index is 0.000909. The smallest absolute Gasteiger partial charge is 0.238 e. The van der Waals surface area contributed by atoms with Gasteiger partial charge in [0.15, 0.2) is 0 Å². The summed E-state index contributed by atoms with van der Waals surface area (Å²) in [4.78, 5) is 0.000909. The van der Waals surface area contributed by atoms with Gasteiger partial charge in [0.1, 0.15) is 5.82 Å². The number of hydrogen-bond donors (Lipinski definition) is 3. The topological polar surface area (TPSA) is 98.2 Å². The molecule has 0 aliphatic carbocycles. The van der Waals surface area contributed by atoms with Crippen molar-refractivity contribution in [3.05, 3.63) is 53.8 Å². The van der Waals surface area contributed by atoms with E-state index in [9.17, 15) is 12.8 Å². The van der Waals surface area contributed by atoms with E-state index >= 15 is 0 Å². The van der Waals surface area contributed by atoms with Gasteiger partial charge in [0.25, 0.3) is 0 Å². The molecule has 0 aromatic heterocycles. The first kappa shape index (κ1) is 15.3. The van der Waals surface area contributed by atoms with Gasteiger partial charge < -0.3 is 11.1 Å². The maximum Gasteiger partial charge on any atom is 0.238 e. The molecular formula is C14H16FN3O2S. The molecule has 21 heavy (non-hydrogen) atoms. The third kappa shape index (κ3) is 4.17. The quantitative estimate of drug-likeness (QED) is 0.732. The maximum absolute atomic E-state index is 12.8.